The second-order valence-corrected chi connectivity index (χ2v) is 10.1. The lowest BCUT2D eigenvalue weighted by Crippen LogP contribution is -2.38. The summed E-state index contributed by atoms with van der Waals surface area (Å²) in [5.74, 6) is -1.09. The summed E-state index contributed by atoms with van der Waals surface area (Å²) in [6, 6.07) is 19.8. The number of carbonyl (C=O) groups excluding carboxylic acids is 2. The molecule has 0 saturated carbocycles. The molecule has 0 fully saturated rings. The summed E-state index contributed by atoms with van der Waals surface area (Å²) in [7, 11) is -3.91. The molecule has 33 heavy (non-hydrogen) atoms. The molecule has 0 aromatic heterocycles. The van der Waals surface area contributed by atoms with Crippen molar-refractivity contribution in [3.8, 4) is 0 Å². The lowest BCUT2D eigenvalue weighted by molar-refractivity contribution is -0.121. The molecule has 1 aliphatic rings. The topological polar surface area (TPSA) is 92.8 Å². The third kappa shape index (κ3) is 5.43. The summed E-state index contributed by atoms with van der Waals surface area (Å²) >= 11 is 3.30. The first-order valence-electron chi connectivity index (χ1n) is 10.3. The number of rotatable bonds is 6. The van der Waals surface area contributed by atoms with Crippen LogP contribution in [0.5, 0.6) is 0 Å². The van der Waals surface area contributed by atoms with Crippen LogP contribution in [0.1, 0.15) is 22.3 Å². The second-order valence-electron chi connectivity index (χ2n) is 7.49. The Bertz CT molecular complexity index is 1290. The minimum atomic E-state index is -3.91. The zero-order chi connectivity index (χ0) is 23.4. The maximum Gasteiger partial charge on any atom is 0.338 e. The molecule has 7 nitrogen and oxygen atoms in total. The van der Waals surface area contributed by atoms with Crippen LogP contribution in [-0.4, -0.2) is 33.4 Å². The molecule has 0 aliphatic carbocycles. The first-order valence-corrected chi connectivity index (χ1v) is 12.5. The molecule has 0 unspecified atom stereocenters. The van der Waals surface area contributed by atoms with Crippen molar-refractivity contribution in [2.75, 3.05) is 22.8 Å². The summed E-state index contributed by atoms with van der Waals surface area (Å²) in [6.07, 6.45) is 1.73. The number of nitrogens with one attached hydrogen (secondary N) is 1. The van der Waals surface area contributed by atoms with Gasteiger partial charge in [-0.1, -0.05) is 40.2 Å². The number of hydrogen-bond acceptors (Lipinski definition) is 5. The smallest absolute Gasteiger partial charge is 0.338 e. The van der Waals surface area contributed by atoms with Gasteiger partial charge in [-0.15, -0.1) is 0 Å². The van der Waals surface area contributed by atoms with Gasteiger partial charge in [0.05, 0.1) is 10.5 Å². The third-order valence-electron chi connectivity index (χ3n) is 5.21. The van der Waals surface area contributed by atoms with Crippen LogP contribution in [0.4, 0.5) is 11.4 Å². The number of benzene rings is 3. The van der Waals surface area contributed by atoms with Crippen molar-refractivity contribution in [1.82, 2.24) is 0 Å². The highest BCUT2D eigenvalue weighted by atomic mass is 79.9. The Morgan fingerprint density at radius 3 is 2.55 bits per heavy atom. The Morgan fingerprint density at radius 2 is 1.76 bits per heavy atom. The molecule has 4 rings (SSSR count). The Morgan fingerprint density at radius 1 is 1.00 bits per heavy atom. The summed E-state index contributed by atoms with van der Waals surface area (Å²) in [5.41, 5.74) is 2.34. The normalized spacial score (nSPS) is 13.2. The van der Waals surface area contributed by atoms with Crippen LogP contribution in [-0.2, 0) is 26.0 Å². The fraction of sp³-hybridized carbons (Fsp3) is 0.167. The fourth-order valence-corrected chi connectivity index (χ4v) is 4.97. The lowest BCUT2D eigenvalue weighted by atomic mass is 10.0. The van der Waals surface area contributed by atoms with Gasteiger partial charge < -0.3 is 9.64 Å². The summed E-state index contributed by atoms with van der Waals surface area (Å²) in [5, 5.41) is 0. The summed E-state index contributed by atoms with van der Waals surface area (Å²) < 4.78 is 33.9. The summed E-state index contributed by atoms with van der Waals surface area (Å²) in [6.45, 7) is 0.129. The van der Waals surface area contributed by atoms with Crippen LogP contribution in [0.2, 0.25) is 0 Å². The Labute approximate surface area is 200 Å². The van der Waals surface area contributed by atoms with Crippen molar-refractivity contribution < 1.29 is 22.7 Å². The highest BCUT2D eigenvalue weighted by Crippen LogP contribution is 2.27. The first kappa shape index (κ1) is 23.0. The van der Waals surface area contributed by atoms with Gasteiger partial charge in [-0.05, 0) is 66.9 Å². The molecule has 0 bridgehead atoms. The van der Waals surface area contributed by atoms with Crippen molar-refractivity contribution in [3.63, 3.8) is 0 Å². The van der Waals surface area contributed by atoms with E-state index in [0.717, 1.165) is 28.6 Å². The van der Waals surface area contributed by atoms with Crippen molar-refractivity contribution in [2.24, 2.45) is 0 Å². The number of hydrogen-bond donors (Lipinski definition) is 1. The van der Waals surface area contributed by atoms with E-state index in [2.05, 4.69) is 20.7 Å². The number of esters is 1. The van der Waals surface area contributed by atoms with Crippen LogP contribution < -0.4 is 9.62 Å². The monoisotopic (exact) mass is 528 g/mol. The molecule has 0 spiro atoms. The fourth-order valence-electron chi connectivity index (χ4n) is 3.60. The maximum absolute atomic E-state index is 12.7. The number of carbonyl (C=O) groups is 2. The molecule has 9 heteroatoms. The van der Waals surface area contributed by atoms with Gasteiger partial charge in [-0.3, -0.25) is 9.52 Å². The molecular weight excluding hydrogens is 508 g/mol. The number of aryl methyl sites for hydroxylation is 1. The van der Waals surface area contributed by atoms with Crippen molar-refractivity contribution in [2.45, 2.75) is 17.7 Å². The van der Waals surface area contributed by atoms with Gasteiger partial charge in [0.15, 0.2) is 6.61 Å². The maximum atomic E-state index is 12.7. The number of nitrogens with zero attached hydrogens (tertiary/aromatic N) is 1. The predicted octanol–water partition coefficient (Wildman–Crippen LogP) is 4.39. The van der Waals surface area contributed by atoms with E-state index in [1.165, 1.54) is 24.3 Å². The number of sulfonamides is 1. The van der Waals surface area contributed by atoms with E-state index in [-0.39, 0.29) is 16.4 Å². The largest absolute Gasteiger partial charge is 0.452 e. The van der Waals surface area contributed by atoms with Gasteiger partial charge in [0.1, 0.15) is 0 Å². The van der Waals surface area contributed by atoms with Crippen molar-refractivity contribution in [3.05, 3.63) is 88.4 Å². The average Bonchev–Trinajstić information content (AvgIpc) is 2.83. The lowest BCUT2D eigenvalue weighted by Gasteiger charge is -2.29. The molecular formula is C24H21BrN2O5S. The SMILES string of the molecule is O=C(OCC(=O)N1CCCc2ccccc21)c1cccc(S(=O)(=O)Nc2ccc(Br)cc2)c1. The van der Waals surface area contributed by atoms with Gasteiger partial charge in [-0.25, -0.2) is 13.2 Å². The van der Waals surface area contributed by atoms with E-state index in [4.69, 9.17) is 4.74 Å². The Hall–Kier alpha value is -3.17. The first-order chi connectivity index (χ1) is 15.8. The van der Waals surface area contributed by atoms with E-state index in [0.29, 0.717) is 12.2 Å². The van der Waals surface area contributed by atoms with Crippen molar-refractivity contribution >= 4 is 49.2 Å². The molecule has 1 heterocycles. The molecule has 1 amide bonds. The van der Waals surface area contributed by atoms with Crippen LogP contribution >= 0.6 is 15.9 Å². The molecule has 3 aromatic rings. The minimum absolute atomic E-state index is 0.0422. The number of fused-ring (bicyclic) bond motifs is 1. The highest BCUT2D eigenvalue weighted by molar-refractivity contribution is 9.10. The van der Waals surface area contributed by atoms with E-state index >= 15 is 0 Å². The highest BCUT2D eigenvalue weighted by Gasteiger charge is 2.24. The van der Waals surface area contributed by atoms with Gasteiger partial charge >= 0.3 is 5.97 Å². The van der Waals surface area contributed by atoms with Gasteiger partial charge in [0.25, 0.3) is 15.9 Å². The minimum Gasteiger partial charge on any atom is -0.452 e. The van der Waals surface area contributed by atoms with E-state index in [9.17, 15) is 18.0 Å². The van der Waals surface area contributed by atoms with Crippen LogP contribution in [0.15, 0.2) is 82.2 Å². The molecule has 1 aliphatic heterocycles. The number of ether oxygens (including phenoxy) is 1. The van der Waals surface area contributed by atoms with E-state index in [1.807, 2.05) is 24.3 Å². The second kappa shape index (κ2) is 9.76. The van der Waals surface area contributed by atoms with Gasteiger partial charge in [0.2, 0.25) is 0 Å². The molecule has 0 radical (unpaired) electrons. The number of anilines is 2. The standard InChI is InChI=1S/C24H21BrN2O5S/c25-19-10-12-20(13-11-19)26-33(30,31)21-8-3-6-18(15-21)24(29)32-16-23(28)27-14-4-7-17-5-1-2-9-22(17)27/h1-3,5-6,8-13,15,26H,4,7,14,16H2. The Balaban J connectivity index is 1.43. The number of halogens is 1. The third-order valence-corrected chi connectivity index (χ3v) is 7.12. The summed E-state index contributed by atoms with van der Waals surface area (Å²) in [4.78, 5) is 26.8. The predicted molar refractivity (Wildman–Crippen MR) is 129 cm³/mol. The van der Waals surface area contributed by atoms with Gasteiger partial charge in [0, 0.05) is 22.4 Å². The number of para-hydroxylation sites is 1. The quantitative estimate of drug-likeness (QED) is 0.479. The molecule has 0 saturated heterocycles. The van der Waals surface area contributed by atoms with Gasteiger partial charge in [-0.2, -0.15) is 0 Å². The zero-order valence-electron chi connectivity index (χ0n) is 17.5. The molecule has 3 aromatic carbocycles. The Kier molecular flexibility index (Phi) is 6.80. The van der Waals surface area contributed by atoms with E-state index < -0.39 is 22.6 Å². The number of amides is 1. The van der Waals surface area contributed by atoms with Crippen molar-refractivity contribution in [1.29, 1.82) is 0 Å². The zero-order valence-corrected chi connectivity index (χ0v) is 19.9. The van der Waals surface area contributed by atoms with E-state index in [1.54, 1.807) is 29.2 Å². The van der Waals surface area contributed by atoms with Crippen LogP contribution in [0.3, 0.4) is 0 Å². The van der Waals surface area contributed by atoms with Crippen LogP contribution in [0, 0.1) is 0 Å². The molecule has 1 N–H and O–H groups in total. The molecule has 170 valence electrons. The van der Waals surface area contributed by atoms with Crippen LogP contribution in [0.25, 0.3) is 0 Å². The molecule has 0 atom stereocenters. The average molecular weight is 529 g/mol.